The molecular formula is C26H22BrN5O5. The Labute approximate surface area is 220 Å². The summed E-state index contributed by atoms with van der Waals surface area (Å²) in [5, 5.41) is 24.0. The number of hydrogen-bond donors (Lipinski definition) is 2. The zero-order valence-corrected chi connectivity index (χ0v) is 20.9. The zero-order chi connectivity index (χ0) is 26.1. The van der Waals surface area contributed by atoms with Gasteiger partial charge in [0, 0.05) is 28.5 Å². The number of pyridine rings is 1. The number of imide groups is 1. The fraction of sp³-hybridized carbons (Fsp3) is 0.192. The van der Waals surface area contributed by atoms with Crippen LogP contribution in [0.25, 0.3) is 0 Å². The summed E-state index contributed by atoms with van der Waals surface area (Å²) in [5.41, 5.74) is 4.72. The summed E-state index contributed by atoms with van der Waals surface area (Å²) in [5.74, 6) is -1.55. The van der Waals surface area contributed by atoms with Crippen LogP contribution >= 0.6 is 15.9 Å². The Balaban J connectivity index is 1.49. The van der Waals surface area contributed by atoms with Crippen LogP contribution in [0.5, 0.6) is 0 Å². The number of aliphatic hydroxyl groups excluding tert-OH is 1. The molecule has 1 saturated heterocycles. The molecule has 3 heterocycles. The number of aromatic nitrogens is 1. The minimum Gasteiger partial charge on any atom is -0.386 e. The lowest BCUT2D eigenvalue weighted by atomic mass is 9.90. The number of nitrogens with zero attached hydrogens (tertiary/aromatic N) is 4. The molecule has 3 unspecified atom stereocenters. The first-order valence-electron chi connectivity index (χ1n) is 11.5. The second-order valence-electron chi connectivity index (χ2n) is 8.75. The monoisotopic (exact) mass is 563 g/mol. The number of carbonyl (C=O) groups excluding carboxylic acids is 2. The summed E-state index contributed by atoms with van der Waals surface area (Å²) < 4.78 is 0.852. The van der Waals surface area contributed by atoms with Crippen molar-refractivity contribution in [3.63, 3.8) is 0 Å². The van der Waals surface area contributed by atoms with Crippen molar-refractivity contribution in [2.75, 3.05) is 5.43 Å². The Hall–Kier alpha value is -3.93. The maximum atomic E-state index is 13.6. The number of nitro groups is 1. The lowest BCUT2D eigenvalue weighted by molar-refractivity contribution is -0.384. The van der Waals surface area contributed by atoms with Gasteiger partial charge in [-0.2, -0.15) is 0 Å². The van der Waals surface area contributed by atoms with Crippen molar-refractivity contribution < 1.29 is 19.6 Å². The highest BCUT2D eigenvalue weighted by atomic mass is 79.9. The van der Waals surface area contributed by atoms with E-state index >= 15 is 0 Å². The number of rotatable bonds is 7. The lowest BCUT2D eigenvalue weighted by Crippen LogP contribution is -2.55. The summed E-state index contributed by atoms with van der Waals surface area (Å²) in [6.45, 7) is 0.0324. The van der Waals surface area contributed by atoms with Gasteiger partial charge in [-0.25, -0.2) is 5.01 Å². The van der Waals surface area contributed by atoms with E-state index in [1.165, 1.54) is 29.2 Å². The molecule has 0 aliphatic carbocycles. The number of nitrogens with one attached hydrogen (secondary N) is 1. The lowest BCUT2D eigenvalue weighted by Gasteiger charge is -2.40. The molecule has 5 rings (SSSR count). The number of benzene rings is 2. The highest BCUT2D eigenvalue weighted by molar-refractivity contribution is 9.10. The van der Waals surface area contributed by atoms with Gasteiger partial charge >= 0.3 is 0 Å². The van der Waals surface area contributed by atoms with Gasteiger partial charge in [0.2, 0.25) is 11.8 Å². The normalized spacial score (nSPS) is 22.1. The second kappa shape index (κ2) is 10.2. The van der Waals surface area contributed by atoms with Crippen LogP contribution in [-0.4, -0.2) is 48.8 Å². The van der Waals surface area contributed by atoms with Crippen LogP contribution in [0.4, 0.5) is 11.4 Å². The van der Waals surface area contributed by atoms with Gasteiger partial charge in [-0.1, -0.05) is 46.3 Å². The van der Waals surface area contributed by atoms with Crippen molar-refractivity contribution >= 4 is 39.1 Å². The number of carbonyl (C=O) groups is 2. The quantitative estimate of drug-likeness (QED) is 0.193. The Morgan fingerprint density at radius 2 is 1.76 bits per heavy atom. The molecule has 4 atom stereocenters. The standard InChI is InChI=1S/C26H22BrN5O5/c27-17-6-4-16(5-7-17)24(33)22-13-12-21-23(31(22)29-18-8-10-20(11-9-18)32(36)37)26(35)30(25(21)34)15-19-3-1-2-14-28-19/h1-14,21-24,29,33H,15H2/t21?,22?,23-,24?/m0/s1. The number of halogens is 1. The third-order valence-electron chi connectivity index (χ3n) is 6.46. The second-order valence-corrected chi connectivity index (χ2v) is 9.66. The molecule has 0 saturated carbocycles. The molecule has 11 heteroatoms. The van der Waals surface area contributed by atoms with Crippen molar-refractivity contribution in [2.45, 2.75) is 24.7 Å². The van der Waals surface area contributed by atoms with E-state index in [-0.39, 0.29) is 18.1 Å². The summed E-state index contributed by atoms with van der Waals surface area (Å²) in [6, 6.07) is 16.5. The van der Waals surface area contributed by atoms with Gasteiger partial charge in [-0.15, -0.1) is 0 Å². The van der Waals surface area contributed by atoms with Gasteiger partial charge in [0.25, 0.3) is 5.69 Å². The molecule has 10 nitrogen and oxygen atoms in total. The van der Waals surface area contributed by atoms with Crippen LogP contribution in [0.1, 0.15) is 17.4 Å². The molecule has 2 N–H and O–H groups in total. The molecule has 2 amide bonds. The average Bonchev–Trinajstić information content (AvgIpc) is 3.15. The van der Waals surface area contributed by atoms with Gasteiger partial charge in [0.1, 0.15) is 6.04 Å². The molecule has 2 aliphatic heterocycles. The number of hydrogen-bond acceptors (Lipinski definition) is 8. The summed E-state index contributed by atoms with van der Waals surface area (Å²) in [7, 11) is 0. The van der Waals surface area contributed by atoms with Crippen molar-refractivity contribution in [2.24, 2.45) is 5.92 Å². The van der Waals surface area contributed by atoms with E-state index < -0.39 is 34.9 Å². The van der Waals surface area contributed by atoms with Gasteiger partial charge < -0.3 is 10.5 Å². The van der Waals surface area contributed by atoms with E-state index in [2.05, 4.69) is 26.3 Å². The molecule has 37 heavy (non-hydrogen) atoms. The number of aliphatic hydroxyl groups is 1. The molecule has 0 radical (unpaired) electrons. The summed E-state index contributed by atoms with van der Waals surface area (Å²) in [6.07, 6.45) is 3.94. The first-order valence-corrected chi connectivity index (χ1v) is 12.3. The topological polar surface area (TPSA) is 129 Å². The predicted octanol–water partition coefficient (Wildman–Crippen LogP) is 3.61. The number of amides is 2. The van der Waals surface area contributed by atoms with Crippen LogP contribution in [0.15, 0.2) is 89.6 Å². The fourth-order valence-corrected chi connectivity index (χ4v) is 4.87. The van der Waals surface area contributed by atoms with E-state index in [0.29, 0.717) is 16.9 Å². The molecular weight excluding hydrogens is 542 g/mol. The van der Waals surface area contributed by atoms with Crippen LogP contribution in [0.3, 0.4) is 0 Å². The van der Waals surface area contributed by atoms with Gasteiger partial charge in [-0.3, -0.25) is 29.6 Å². The fourth-order valence-electron chi connectivity index (χ4n) is 4.60. The molecule has 188 valence electrons. The molecule has 2 aliphatic rings. The number of hydrazine groups is 1. The Morgan fingerprint density at radius 1 is 1.03 bits per heavy atom. The predicted molar refractivity (Wildman–Crippen MR) is 138 cm³/mol. The zero-order valence-electron chi connectivity index (χ0n) is 19.3. The summed E-state index contributed by atoms with van der Waals surface area (Å²) >= 11 is 3.39. The first-order chi connectivity index (χ1) is 17.8. The van der Waals surface area contributed by atoms with Crippen molar-refractivity contribution in [3.8, 4) is 0 Å². The van der Waals surface area contributed by atoms with Crippen LogP contribution in [0.2, 0.25) is 0 Å². The highest BCUT2D eigenvalue weighted by Crippen LogP contribution is 2.37. The van der Waals surface area contributed by atoms with Crippen molar-refractivity contribution in [1.82, 2.24) is 14.9 Å². The minimum absolute atomic E-state index is 0.0324. The smallest absolute Gasteiger partial charge is 0.269 e. The maximum absolute atomic E-state index is 13.6. The SMILES string of the molecule is O=C1C2C=CC(C(O)c3ccc(Br)cc3)N(Nc3ccc([N+](=O)[O-])cc3)[C@@H]2C(=O)N1Cc1ccccn1. The van der Waals surface area contributed by atoms with E-state index in [1.807, 2.05) is 0 Å². The molecule has 1 fully saturated rings. The molecule has 1 aromatic heterocycles. The average molecular weight is 564 g/mol. The number of nitro benzene ring substituents is 1. The Kier molecular flexibility index (Phi) is 6.83. The van der Waals surface area contributed by atoms with E-state index in [9.17, 15) is 24.8 Å². The van der Waals surface area contributed by atoms with Crippen LogP contribution in [0, 0.1) is 16.0 Å². The highest BCUT2D eigenvalue weighted by Gasteiger charge is 2.53. The number of non-ortho nitro benzene ring substituents is 1. The van der Waals surface area contributed by atoms with Crippen molar-refractivity contribution in [1.29, 1.82) is 0 Å². The molecule has 0 bridgehead atoms. The number of anilines is 1. The van der Waals surface area contributed by atoms with Gasteiger partial charge in [0.15, 0.2) is 0 Å². The van der Waals surface area contributed by atoms with E-state index in [0.717, 1.165) is 4.47 Å². The molecule has 2 aromatic carbocycles. The largest absolute Gasteiger partial charge is 0.386 e. The third kappa shape index (κ3) is 4.88. The summed E-state index contributed by atoms with van der Waals surface area (Å²) in [4.78, 5) is 42.9. The van der Waals surface area contributed by atoms with E-state index in [4.69, 9.17) is 0 Å². The van der Waals surface area contributed by atoms with E-state index in [1.54, 1.807) is 65.8 Å². The third-order valence-corrected chi connectivity index (χ3v) is 6.99. The van der Waals surface area contributed by atoms with Gasteiger partial charge in [0.05, 0.1) is 35.2 Å². The minimum atomic E-state index is -1.04. The number of likely N-dealkylation sites (tertiary alicyclic amines) is 1. The number of fused-ring (bicyclic) bond motifs is 1. The Bertz CT molecular complexity index is 1350. The Morgan fingerprint density at radius 3 is 2.41 bits per heavy atom. The maximum Gasteiger partial charge on any atom is 0.269 e. The molecule has 3 aromatic rings. The first kappa shape index (κ1) is 24.8. The van der Waals surface area contributed by atoms with Gasteiger partial charge in [-0.05, 0) is 42.0 Å². The molecule has 0 spiro atoms. The van der Waals surface area contributed by atoms with Crippen LogP contribution < -0.4 is 5.43 Å². The van der Waals surface area contributed by atoms with Crippen molar-refractivity contribution in [3.05, 3.63) is 111 Å². The van der Waals surface area contributed by atoms with Crippen LogP contribution in [-0.2, 0) is 16.1 Å².